The molecular formula is C18H20N4O3. The van der Waals surface area contributed by atoms with Crippen molar-refractivity contribution in [2.45, 2.75) is 39.3 Å². The zero-order valence-electron chi connectivity index (χ0n) is 14.2. The second-order valence-corrected chi connectivity index (χ2v) is 6.28. The first-order valence-electron chi connectivity index (χ1n) is 8.18. The maximum atomic E-state index is 12.6. The standard InChI is InChI=1S/C18H20N4O3/c1-11-4-3-5-14(8-11)20-16(23)10-22-12(2)19-9-15(18(22)25)17(24)21-13-6-7-13/h3-5,8-9,13H,6-7,10H2,1-2H3,(H,20,23)(H,21,24). The lowest BCUT2D eigenvalue weighted by Gasteiger charge is -2.12. The molecule has 0 atom stereocenters. The van der Waals surface area contributed by atoms with Crippen LogP contribution in [0.15, 0.2) is 35.3 Å². The maximum Gasteiger partial charge on any atom is 0.266 e. The van der Waals surface area contributed by atoms with Gasteiger partial charge in [0.15, 0.2) is 0 Å². The predicted octanol–water partition coefficient (Wildman–Crippen LogP) is 1.39. The van der Waals surface area contributed by atoms with E-state index in [-0.39, 0.29) is 24.1 Å². The number of anilines is 1. The molecule has 1 aromatic carbocycles. The van der Waals surface area contributed by atoms with Crippen molar-refractivity contribution in [3.05, 3.63) is 57.8 Å². The van der Waals surface area contributed by atoms with Crippen LogP contribution in [0.2, 0.25) is 0 Å². The SMILES string of the molecule is Cc1cccc(NC(=O)Cn2c(C)ncc(C(=O)NC3CC3)c2=O)c1. The van der Waals surface area contributed by atoms with E-state index in [4.69, 9.17) is 0 Å². The number of nitrogens with zero attached hydrogens (tertiary/aromatic N) is 2. The van der Waals surface area contributed by atoms with Gasteiger partial charge < -0.3 is 10.6 Å². The molecule has 1 fully saturated rings. The van der Waals surface area contributed by atoms with Gasteiger partial charge in [-0.05, 0) is 44.4 Å². The van der Waals surface area contributed by atoms with Gasteiger partial charge in [-0.15, -0.1) is 0 Å². The largest absolute Gasteiger partial charge is 0.349 e. The molecule has 2 aromatic rings. The number of hydrogen-bond acceptors (Lipinski definition) is 4. The van der Waals surface area contributed by atoms with Crippen molar-refractivity contribution < 1.29 is 9.59 Å². The van der Waals surface area contributed by atoms with Crippen LogP contribution in [0.3, 0.4) is 0 Å². The van der Waals surface area contributed by atoms with E-state index in [0.717, 1.165) is 18.4 Å². The molecule has 7 nitrogen and oxygen atoms in total. The normalized spacial score (nSPS) is 13.4. The Morgan fingerprint density at radius 2 is 2.04 bits per heavy atom. The van der Waals surface area contributed by atoms with Crippen LogP contribution in [-0.2, 0) is 11.3 Å². The van der Waals surface area contributed by atoms with Gasteiger partial charge in [0.25, 0.3) is 11.5 Å². The lowest BCUT2D eigenvalue weighted by atomic mass is 10.2. The molecule has 0 bridgehead atoms. The highest BCUT2D eigenvalue weighted by molar-refractivity contribution is 5.94. The number of benzene rings is 1. The van der Waals surface area contributed by atoms with Crippen LogP contribution in [0.25, 0.3) is 0 Å². The Balaban J connectivity index is 1.77. The van der Waals surface area contributed by atoms with Gasteiger partial charge >= 0.3 is 0 Å². The fourth-order valence-corrected chi connectivity index (χ4v) is 2.47. The van der Waals surface area contributed by atoms with E-state index < -0.39 is 11.5 Å². The van der Waals surface area contributed by atoms with Crippen molar-refractivity contribution in [2.75, 3.05) is 5.32 Å². The Morgan fingerprint density at radius 1 is 1.28 bits per heavy atom. The smallest absolute Gasteiger partial charge is 0.266 e. The molecule has 7 heteroatoms. The molecule has 1 saturated carbocycles. The number of amides is 2. The Labute approximate surface area is 145 Å². The number of nitrogens with one attached hydrogen (secondary N) is 2. The number of aromatic nitrogens is 2. The average molecular weight is 340 g/mol. The van der Waals surface area contributed by atoms with Crippen LogP contribution in [0.4, 0.5) is 5.69 Å². The number of carbonyl (C=O) groups is 2. The quantitative estimate of drug-likeness (QED) is 0.860. The van der Waals surface area contributed by atoms with Gasteiger partial charge in [-0.3, -0.25) is 19.0 Å². The first-order chi connectivity index (χ1) is 11.9. The molecule has 1 heterocycles. The van der Waals surface area contributed by atoms with Crippen molar-refractivity contribution >= 4 is 17.5 Å². The van der Waals surface area contributed by atoms with Gasteiger partial charge in [-0.1, -0.05) is 12.1 Å². The van der Waals surface area contributed by atoms with Crippen molar-refractivity contribution in [3.63, 3.8) is 0 Å². The van der Waals surface area contributed by atoms with E-state index in [2.05, 4.69) is 15.6 Å². The molecule has 0 radical (unpaired) electrons. The van der Waals surface area contributed by atoms with Gasteiger partial charge in [-0.2, -0.15) is 0 Å². The number of carbonyl (C=O) groups excluding carboxylic acids is 2. The summed E-state index contributed by atoms with van der Waals surface area (Å²) in [6.45, 7) is 3.36. The number of rotatable bonds is 5. The van der Waals surface area contributed by atoms with E-state index in [1.54, 1.807) is 13.0 Å². The third-order valence-corrected chi connectivity index (χ3v) is 4.01. The summed E-state index contributed by atoms with van der Waals surface area (Å²) in [5, 5.41) is 5.51. The van der Waals surface area contributed by atoms with Crippen LogP contribution < -0.4 is 16.2 Å². The predicted molar refractivity (Wildman–Crippen MR) is 93.5 cm³/mol. The molecule has 1 aliphatic carbocycles. The fraction of sp³-hybridized carbons (Fsp3) is 0.333. The second kappa shape index (κ2) is 6.88. The summed E-state index contributed by atoms with van der Waals surface area (Å²) in [6, 6.07) is 7.53. The number of hydrogen-bond donors (Lipinski definition) is 2. The average Bonchev–Trinajstić information content (AvgIpc) is 3.35. The summed E-state index contributed by atoms with van der Waals surface area (Å²) in [6.07, 6.45) is 3.13. The number of aryl methyl sites for hydroxylation is 2. The third kappa shape index (κ3) is 4.12. The third-order valence-electron chi connectivity index (χ3n) is 4.01. The van der Waals surface area contributed by atoms with Crippen LogP contribution in [0, 0.1) is 13.8 Å². The summed E-state index contributed by atoms with van der Waals surface area (Å²) in [4.78, 5) is 41.0. The van der Waals surface area contributed by atoms with Crippen LogP contribution in [0.1, 0.15) is 34.6 Å². The summed E-state index contributed by atoms with van der Waals surface area (Å²) in [7, 11) is 0. The molecule has 0 spiro atoms. The van der Waals surface area contributed by atoms with E-state index in [0.29, 0.717) is 11.5 Å². The monoisotopic (exact) mass is 340 g/mol. The molecule has 2 N–H and O–H groups in total. The van der Waals surface area contributed by atoms with Gasteiger partial charge in [0.05, 0.1) is 0 Å². The van der Waals surface area contributed by atoms with Crippen LogP contribution >= 0.6 is 0 Å². The van der Waals surface area contributed by atoms with E-state index in [1.807, 2.05) is 25.1 Å². The van der Waals surface area contributed by atoms with E-state index in [1.165, 1.54) is 10.8 Å². The van der Waals surface area contributed by atoms with Crippen molar-refractivity contribution in [1.29, 1.82) is 0 Å². The van der Waals surface area contributed by atoms with Crippen LogP contribution in [0.5, 0.6) is 0 Å². The zero-order valence-corrected chi connectivity index (χ0v) is 14.2. The Hall–Kier alpha value is -2.96. The first-order valence-corrected chi connectivity index (χ1v) is 8.18. The molecular weight excluding hydrogens is 320 g/mol. The molecule has 1 aliphatic rings. The molecule has 0 unspecified atom stereocenters. The van der Waals surface area contributed by atoms with E-state index >= 15 is 0 Å². The Kier molecular flexibility index (Phi) is 4.65. The lowest BCUT2D eigenvalue weighted by molar-refractivity contribution is -0.116. The maximum absolute atomic E-state index is 12.6. The van der Waals surface area contributed by atoms with Crippen molar-refractivity contribution in [1.82, 2.24) is 14.9 Å². The zero-order chi connectivity index (χ0) is 18.0. The molecule has 0 aliphatic heterocycles. The summed E-state index contributed by atoms with van der Waals surface area (Å²) in [5.41, 5.74) is 1.13. The molecule has 1 aromatic heterocycles. The second-order valence-electron chi connectivity index (χ2n) is 6.28. The summed E-state index contributed by atoms with van der Waals surface area (Å²) < 4.78 is 1.22. The Morgan fingerprint density at radius 3 is 2.72 bits per heavy atom. The molecule has 25 heavy (non-hydrogen) atoms. The highest BCUT2D eigenvalue weighted by Crippen LogP contribution is 2.18. The highest BCUT2D eigenvalue weighted by atomic mass is 16.2. The van der Waals surface area contributed by atoms with Gasteiger partial charge in [0, 0.05) is 17.9 Å². The van der Waals surface area contributed by atoms with E-state index in [9.17, 15) is 14.4 Å². The Bertz CT molecular complexity index is 884. The van der Waals surface area contributed by atoms with Crippen LogP contribution in [-0.4, -0.2) is 27.4 Å². The van der Waals surface area contributed by atoms with Gasteiger partial charge in [-0.25, -0.2) is 4.98 Å². The summed E-state index contributed by atoms with van der Waals surface area (Å²) in [5.74, 6) is -0.405. The topological polar surface area (TPSA) is 93.1 Å². The summed E-state index contributed by atoms with van der Waals surface area (Å²) >= 11 is 0. The highest BCUT2D eigenvalue weighted by Gasteiger charge is 2.25. The van der Waals surface area contributed by atoms with Crippen molar-refractivity contribution in [2.24, 2.45) is 0 Å². The molecule has 130 valence electrons. The minimum absolute atomic E-state index is 0.0409. The minimum atomic E-state index is -0.509. The minimum Gasteiger partial charge on any atom is -0.349 e. The first kappa shape index (κ1) is 16.9. The molecule has 3 rings (SSSR count). The van der Waals surface area contributed by atoms with Crippen molar-refractivity contribution in [3.8, 4) is 0 Å². The fourth-order valence-electron chi connectivity index (χ4n) is 2.47. The lowest BCUT2D eigenvalue weighted by Crippen LogP contribution is -2.37. The van der Waals surface area contributed by atoms with Gasteiger partial charge in [0.1, 0.15) is 17.9 Å². The molecule has 2 amide bonds. The molecule has 0 saturated heterocycles. The van der Waals surface area contributed by atoms with Gasteiger partial charge in [0.2, 0.25) is 5.91 Å².